The van der Waals surface area contributed by atoms with E-state index in [9.17, 15) is 31.1 Å². The van der Waals surface area contributed by atoms with Crippen LogP contribution in [0.5, 0.6) is 11.5 Å². The molecule has 5 aromatic carbocycles. The van der Waals surface area contributed by atoms with Crippen LogP contribution < -0.4 is 19.7 Å². The summed E-state index contributed by atoms with van der Waals surface area (Å²) in [6.45, 7) is 0. The summed E-state index contributed by atoms with van der Waals surface area (Å²) in [6, 6.07) is 29.6. The predicted octanol–water partition coefficient (Wildman–Crippen LogP) is 11.4. The Morgan fingerprint density at radius 2 is 1.23 bits per heavy atom. The molecule has 0 atom stereocenters. The Labute approximate surface area is 300 Å². The number of carbonyl (C=O) groups excluding carboxylic acids is 1. The molecule has 1 amide bonds. The molecule has 7 nitrogen and oxygen atoms in total. The standard InChI is InChI=1S/C23H14F6N2O2S.C14H12N2OS/c1-33-15-9-7-14(8-10-15)31(21-30-18-4-2-3-5-19(18)34-21)20(32)16-11-6-13(22(24,25)26)12-17(16)23(27,28)29;1-17-11-8-6-10(7-9-11)15-14-16-12-4-2-3-5-13(12)18-14/h2-12H,1H3;2-9H,1H3,(H,15,16). The number of hydrogen-bond donors (Lipinski definition) is 1. The van der Waals surface area contributed by atoms with Crippen LogP contribution >= 0.6 is 22.7 Å². The summed E-state index contributed by atoms with van der Waals surface area (Å²) >= 11 is 2.70. The number of anilines is 4. The monoisotopic (exact) mass is 752 g/mol. The van der Waals surface area contributed by atoms with Gasteiger partial charge in [0.2, 0.25) is 0 Å². The van der Waals surface area contributed by atoms with Gasteiger partial charge in [-0.15, -0.1) is 0 Å². The first-order valence-electron chi connectivity index (χ1n) is 15.2. The third-order valence-electron chi connectivity index (χ3n) is 7.53. The van der Waals surface area contributed by atoms with Crippen LogP contribution in [0.4, 0.5) is 48.0 Å². The summed E-state index contributed by atoms with van der Waals surface area (Å²) in [7, 11) is 3.08. The number of rotatable bonds is 7. The highest BCUT2D eigenvalue weighted by Gasteiger charge is 2.41. The highest BCUT2D eigenvalue weighted by molar-refractivity contribution is 7.22. The van der Waals surface area contributed by atoms with Crippen LogP contribution in [0.2, 0.25) is 0 Å². The molecule has 0 spiro atoms. The molecule has 266 valence electrons. The van der Waals surface area contributed by atoms with Gasteiger partial charge in [0.05, 0.1) is 57.0 Å². The second kappa shape index (κ2) is 14.9. The number of aromatic nitrogens is 2. The van der Waals surface area contributed by atoms with Crippen molar-refractivity contribution in [2.75, 3.05) is 24.4 Å². The Morgan fingerprint density at radius 1 is 0.673 bits per heavy atom. The molecular formula is C37H26F6N4O3S2. The molecule has 1 N–H and O–H groups in total. The van der Waals surface area contributed by atoms with Gasteiger partial charge in [-0.2, -0.15) is 26.3 Å². The van der Waals surface area contributed by atoms with Gasteiger partial charge in [0, 0.05) is 5.69 Å². The van der Waals surface area contributed by atoms with E-state index in [2.05, 4.69) is 21.4 Å². The van der Waals surface area contributed by atoms with Crippen molar-refractivity contribution >= 4 is 70.7 Å². The van der Waals surface area contributed by atoms with Gasteiger partial charge in [0.15, 0.2) is 10.3 Å². The fourth-order valence-corrected chi connectivity index (χ4v) is 6.86. The number of hydrogen-bond acceptors (Lipinski definition) is 8. The Balaban J connectivity index is 0.000000215. The van der Waals surface area contributed by atoms with Gasteiger partial charge in [0.25, 0.3) is 5.91 Å². The molecule has 0 aliphatic carbocycles. The van der Waals surface area contributed by atoms with Crippen molar-refractivity contribution in [1.29, 1.82) is 0 Å². The first-order valence-corrected chi connectivity index (χ1v) is 16.9. The van der Waals surface area contributed by atoms with Crippen molar-refractivity contribution in [3.8, 4) is 11.5 Å². The smallest absolute Gasteiger partial charge is 0.417 e. The SMILES string of the molecule is COc1ccc(N(C(=O)c2ccc(C(F)(F)F)cc2C(F)(F)F)c2nc3ccccc3s2)cc1.COc1ccc(Nc2nc3ccccc3s2)cc1. The maximum absolute atomic E-state index is 13.7. The molecule has 52 heavy (non-hydrogen) atoms. The zero-order chi connectivity index (χ0) is 37.0. The first-order chi connectivity index (χ1) is 24.8. The number of carbonyl (C=O) groups is 1. The van der Waals surface area contributed by atoms with E-state index in [1.165, 1.54) is 36.1 Å². The van der Waals surface area contributed by atoms with Gasteiger partial charge < -0.3 is 14.8 Å². The number of nitrogens with zero attached hydrogens (tertiary/aromatic N) is 3. The van der Waals surface area contributed by atoms with Crippen molar-refractivity contribution in [2.45, 2.75) is 12.4 Å². The highest BCUT2D eigenvalue weighted by atomic mass is 32.1. The van der Waals surface area contributed by atoms with Crippen LogP contribution in [0.1, 0.15) is 21.5 Å². The number of nitrogens with one attached hydrogen (secondary N) is 1. The minimum atomic E-state index is -5.20. The lowest BCUT2D eigenvalue weighted by Gasteiger charge is -2.23. The zero-order valence-electron chi connectivity index (χ0n) is 27.1. The van der Waals surface area contributed by atoms with Gasteiger partial charge in [-0.3, -0.25) is 9.69 Å². The number of amides is 1. The number of methoxy groups -OCH3 is 2. The number of benzene rings is 5. The van der Waals surface area contributed by atoms with E-state index in [-0.39, 0.29) is 16.9 Å². The van der Waals surface area contributed by atoms with Gasteiger partial charge in [-0.1, -0.05) is 46.9 Å². The minimum Gasteiger partial charge on any atom is -0.497 e. The quantitative estimate of drug-likeness (QED) is 0.163. The fraction of sp³-hybridized carbons (Fsp3) is 0.108. The van der Waals surface area contributed by atoms with Crippen molar-refractivity contribution in [2.24, 2.45) is 0 Å². The van der Waals surface area contributed by atoms with Gasteiger partial charge >= 0.3 is 12.4 Å². The lowest BCUT2D eigenvalue weighted by Crippen LogP contribution is -2.28. The summed E-state index contributed by atoms with van der Waals surface area (Å²) in [5.41, 5.74) is -1.42. The van der Waals surface area contributed by atoms with Gasteiger partial charge in [0.1, 0.15) is 11.5 Å². The topological polar surface area (TPSA) is 76.6 Å². The second-order valence-corrected chi connectivity index (χ2v) is 12.9. The molecule has 0 aliphatic heterocycles. The molecule has 2 heterocycles. The van der Waals surface area contributed by atoms with E-state index in [4.69, 9.17) is 9.47 Å². The van der Waals surface area contributed by atoms with Crippen molar-refractivity contribution in [3.05, 3.63) is 132 Å². The molecule has 2 aromatic heterocycles. The number of ether oxygens (including phenoxy) is 2. The molecule has 15 heteroatoms. The van der Waals surface area contributed by atoms with Crippen molar-refractivity contribution in [1.82, 2.24) is 9.97 Å². The maximum Gasteiger partial charge on any atom is 0.417 e. The third kappa shape index (κ3) is 8.11. The Kier molecular flexibility index (Phi) is 10.4. The largest absolute Gasteiger partial charge is 0.497 e. The molecule has 0 saturated carbocycles. The number of halogens is 6. The average molecular weight is 753 g/mol. The Hall–Kier alpha value is -5.67. The van der Waals surface area contributed by atoms with Crippen molar-refractivity contribution in [3.63, 3.8) is 0 Å². The lowest BCUT2D eigenvalue weighted by atomic mass is 10.0. The third-order valence-corrected chi connectivity index (χ3v) is 9.50. The van der Waals surface area contributed by atoms with Crippen LogP contribution in [-0.4, -0.2) is 30.1 Å². The molecule has 0 bridgehead atoms. The van der Waals surface area contributed by atoms with Gasteiger partial charge in [-0.05, 0) is 91.0 Å². The van der Waals surface area contributed by atoms with Crippen LogP contribution in [0.3, 0.4) is 0 Å². The minimum absolute atomic E-state index is 0.0578. The van der Waals surface area contributed by atoms with Crippen LogP contribution in [0.15, 0.2) is 115 Å². The summed E-state index contributed by atoms with van der Waals surface area (Å²) < 4.78 is 92.6. The molecule has 0 radical (unpaired) electrons. The number of para-hydroxylation sites is 2. The molecule has 7 rings (SSSR count). The molecule has 7 aromatic rings. The summed E-state index contributed by atoms with van der Waals surface area (Å²) in [4.78, 5) is 23.3. The van der Waals surface area contributed by atoms with Gasteiger partial charge in [-0.25, -0.2) is 9.97 Å². The van der Waals surface area contributed by atoms with Crippen LogP contribution in [0, 0.1) is 0 Å². The maximum atomic E-state index is 13.7. The Morgan fingerprint density at radius 3 is 1.77 bits per heavy atom. The highest BCUT2D eigenvalue weighted by Crippen LogP contribution is 2.41. The van der Waals surface area contributed by atoms with E-state index in [0.29, 0.717) is 28.1 Å². The molecule has 0 saturated heterocycles. The molecule has 0 aliphatic rings. The van der Waals surface area contributed by atoms with Crippen LogP contribution in [0.25, 0.3) is 20.4 Å². The first kappa shape index (κ1) is 36.1. The molecule has 0 fully saturated rings. The van der Waals surface area contributed by atoms with E-state index >= 15 is 0 Å². The van der Waals surface area contributed by atoms with Crippen molar-refractivity contribution < 1.29 is 40.6 Å². The number of alkyl halides is 6. The van der Waals surface area contributed by atoms with Crippen LogP contribution in [-0.2, 0) is 12.4 Å². The number of fused-ring (bicyclic) bond motifs is 2. The van der Waals surface area contributed by atoms with E-state index in [1.54, 1.807) is 42.7 Å². The van der Waals surface area contributed by atoms with E-state index < -0.39 is 35.0 Å². The fourth-order valence-electron chi connectivity index (χ4n) is 4.99. The molecule has 0 unspecified atom stereocenters. The van der Waals surface area contributed by atoms with E-state index in [1.807, 2.05) is 42.5 Å². The molecular weight excluding hydrogens is 727 g/mol. The summed E-state index contributed by atoms with van der Waals surface area (Å²) in [5.74, 6) is 0.112. The summed E-state index contributed by atoms with van der Waals surface area (Å²) in [5, 5.41) is 4.26. The lowest BCUT2D eigenvalue weighted by molar-refractivity contribution is -0.143. The number of thiazole rings is 2. The zero-order valence-corrected chi connectivity index (χ0v) is 28.8. The predicted molar refractivity (Wildman–Crippen MR) is 191 cm³/mol. The average Bonchev–Trinajstić information content (AvgIpc) is 3.75. The second-order valence-electron chi connectivity index (χ2n) is 10.9. The Bertz CT molecular complexity index is 2260. The summed E-state index contributed by atoms with van der Waals surface area (Å²) in [6.07, 6.45) is -10.2. The van der Waals surface area contributed by atoms with E-state index in [0.717, 1.165) is 38.3 Å². The normalized spacial score (nSPS) is 11.5.